The fraction of sp³-hybridized carbons (Fsp3) is 0.462. The molecule has 2 amide bonds. The number of primary amides is 1. The lowest BCUT2D eigenvalue weighted by Crippen LogP contribution is -2.50. The third-order valence-electron chi connectivity index (χ3n) is 7.49. The molecule has 0 radical (unpaired) electrons. The van der Waals surface area contributed by atoms with Crippen LogP contribution in [0.2, 0.25) is 0 Å². The van der Waals surface area contributed by atoms with Gasteiger partial charge in [-0.2, -0.15) is 13.2 Å². The van der Waals surface area contributed by atoms with E-state index >= 15 is 0 Å². The zero-order valence-corrected chi connectivity index (χ0v) is 19.3. The van der Waals surface area contributed by atoms with Gasteiger partial charge in [0.25, 0.3) is 5.91 Å². The van der Waals surface area contributed by atoms with Gasteiger partial charge in [0.1, 0.15) is 5.82 Å². The van der Waals surface area contributed by atoms with Crippen molar-refractivity contribution in [2.24, 2.45) is 5.73 Å². The van der Waals surface area contributed by atoms with Crippen molar-refractivity contribution >= 4 is 11.8 Å². The Hall–Kier alpha value is -2.94. The third kappa shape index (κ3) is 4.66. The molecule has 2 fully saturated rings. The lowest BCUT2D eigenvalue weighted by atomic mass is 9.67. The van der Waals surface area contributed by atoms with Gasteiger partial charge in [-0.1, -0.05) is 24.3 Å². The van der Waals surface area contributed by atoms with E-state index in [1.807, 2.05) is 0 Å². The second kappa shape index (κ2) is 8.93. The fourth-order valence-electron chi connectivity index (χ4n) is 5.05. The van der Waals surface area contributed by atoms with Crippen LogP contribution in [0.25, 0.3) is 0 Å². The maximum Gasteiger partial charge on any atom is 0.421 e. The van der Waals surface area contributed by atoms with Crippen molar-refractivity contribution in [2.45, 2.75) is 74.7 Å². The van der Waals surface area contributed by atoms with Crippen LogP contribution in [-0.2, 0) is 15.8 Å². The van der Waals surface area contributed by atoms with E-state index in [1.54, 1.807) is 17.0 Å². The van der Waals surface area contributed by atoms with Crippen LogP contribution in [-0.4, -0.2) is 40.1 Å². The number of carbonyl (C=O) groups is 2. The van der Waals surface area contributed by atoms with Crippen molar-refractivity contribution in [3.05, 3.63) is 71.0 Å². The Bertz CT molecular complexity index is 1090. The summed E-state index contributed by atoms with van der Waals surface area (Å²) in [7, 11) is 0. The summed E-state index contributed by atoms with van der Waals surface area (Å²) in [5.41, 5.74) is 2.37. The molecule has 0 saturated heterocycles. The number of nitrogens with zero attached hydrogens (tertiary/aromatic N) is 1. The van der Waals surface area contributed by atoms with Gasteiger partial charge in [0, 0.05) is 17.6 Å². The number of nitrogens with two attached hydrogens (primary N) is 1. The van der Waals surface area contributed by atoms with Gasteiger partial charge in [0.05, 0.1) is 5.41 Å². The molecule has 2 saturated carbocycles. The monoisotopic (exact) mass is 492 g/mol. The first-order valence-electron chi connectivity index (χ1n) is 11.6. The number of amides is 2. The van der Waals surface area contributed by atoms with E-state index in [2.05, 4.69) is 0 Å². The molecule has 188 valence electrons. The average molecular weight is 493 g/mol. The minimum atomic E-state index is -4.85. The quantitative estimate of drug-likeness (QED) is 0.580. The summed E-state index contributed by atoms with van der Waals surface area (Å²) >= 11 is 0. The highest BCUT2D eigenvalue weighted by atomic mass is 19.4. The zero-order valence-electron chi connectivity index (χ0n) is 19.3. The van der Waals surface area contributed by atoms with Crippen LogP contribution < -0.4 is 5.73 Å². The maximum absolute atomic E-state index is 13.4. The van der Waals surface area contributed by atoms with Crippen LogP contribution in [0.5, 0.6) is 0 Å². The number of benzene rings is 2. The number of halogens is 4. The molecule has 35 heavy (non-hydrogen) atoms. The van der Waals surface area contributed by atoms with Gasteiger partial charge in [-0.05, 0) is 80.8 Å². The third-order valence-corrected chi connectivity index (χ3v) is 7.49. The summed E-state index contributed by atoms with van der Waals surface area (Å²) in [5, 5.41) is 9.89. The van der Waals surface area contributed by atoms with E-state index in [9.17, 15) is 32.3 Å². The summed E-state index contributed by atoms with van der Waals surface area (Å²) in [5.74, 6) is -1.18. The molecule has 0 bridgehead atoms. The van der Waals surface area contributed by atoms with E-state index < -0.39 is 28.9 Å². The number of hydrogen-bond donors (Lipinski definition) is 2. The summed E-state index contributed by atoms with van der Waals surface area (Å²) in [4.78, 5) is 27.6. The van der Waals surface area contributed by atoms with Crippen LogP contribution in [0.4, 0.5) is 17.6 Å². The van der Waals surface area contributed by atoms with E-state index in [1.165, 1.54) is 24.3 Å². The molecule has 9 heteroatoms. The molecule has 2 aromatic rings. The predicted octanol–water partition coefficient (Wildman–Crippen LogP) is 4.57. The Morgan fingerprint density at radius 1 is 0.943 bits per heavy atom. The van der Waals surface area contributed by atoms with E-state index in [4.69, 9.17) is 5.73 Å². The number of hydrogen-bond acceptors (Lipinski definition) is 3. The minimum absolute atomic E-state index is 0.0392. The SMILES string of the molecule is C[C@](O)(c1ccc(C(=O)N(C2CC2)C2CCC(C(N)=O)(c3ccc(F)cc3)CC2)cc1)C(F)(F)F. The number of alkyl halides is 3. The normalized spacial score (nSPS) is 24.5. The Labute approximate surface area is 200 Å². The van der Waals surface area contributed by atoms with Crippen LogP contribution in [0, 0.1) is 5.82 Å². The molecule has 1 atom stereocenters. The first-order chi connectivity index (χ1) is 16.4. The zero-order chi connectivity index (χ0) is 25.6. The van der Waals surface area contributed by atoms with E-state index in [0.717, 1.165) is 25.0 Å². The standard InChI is InChI=1S/C26H28F4N2O3/c1-24(35,26(28,29)30)17-4-2-16(3-5-17)22(33)32(20-10-11-20)21-12-14-25(15-13-21,23(31)34)18-6-8-19(27)9-7-18/h2-9,20-21,35H,10-15H2,1H3,(H2,31,34)/t21?,24-,25?/m0/s1. The van der Waals surface area contributed by atoms with Gasteiger partial charge in [-0.15, -0.1) is 0 Å². The van der Waals surface area contributed by atoms with E-state index in [0.29, 0.717) is 38.2 Å². The molecular formula is C26H28F4N2O3. The van der Waals surface area contributed by atoms with Crippen molar-refractivity contribution < 1.29 is 32.3 Å². The summed E-state index contributed by atoms with van der Waals surface area (Å²) in [6.07, 6.45) is -1.33. The molecule has 0 aliphatic heterocycles. The molecule has 3 N–H and O–H groups in total. The number of rotatable bonds is 6. The van der Waals surface area contributed by atoms with Gasteiger partial charge >= 0.3 is 6.18 Å². The number of carbonyl (C=O) groups excluding carboxylic acids is 2. The van der Waals surface area contributed by atoms with Gasteiger partial charge in [0.2, 0.25) is 5.91 Å². The lowest BCUT2D eigenvalue weighted by molar-refractivity contribution is -0.258. The highest BCUT2D eigenvalue weighted by Crippen LogP contribution is 2.44. The van der Waals surface area contributed by atoms with E-state index in [-0.39, 0.29) is 29.1 Å². The van der Waals surface area contributed by atoms with Crippen molar-refractivity contribution in [1.82, 2.24) is 4.90 Å². The van der Waals surface area contributed by atoms with Gasteiger partial charge in [0.15, 0.2) is 5.60 Å². The Morgan fingerprint density at radius 3 is 1.91 bits per heavy atom. The Kier molecular flexibility index (Phi) is 6.42. The van der Waals surface area contributed by atoms with Crippen molar-refractivity contribution in [3.8, 4) is 0 Å². The largest absolute Gasteiger partial charge is 0.421 e. The Morgan fingerprint density at radius 2 is 1.46 bits per heavy atom. The van der Waals surface area contributed by atoms with Gasteiger partial charge in [-0.25, -0.2) is 4.39 Å². The van der Waals surface area contributed by atoms with Gasteiger partial charge in [-0.3, -0.25) is 9.59 Å². The molecule has 0 heterocycles. The molecule has 2 aliphatic carbocycles. The van der Waals surface area contributed by atoms with Crippen LogP contribution in [0.1, 0.15) is 66.9 Å². The number of aliphatic hydroxyl groups is 1. The smallest absolute Gasteiger partial charge is 0.376 e. The molecule has 0 spiro atoms. The second-order valence-corrected chi connectivity index (χ2v) is 9.78. The molecule has 0 unspecified atom stereocenters. The topological polar surface area (TPSA) is 83.6 Å². The fourth-order valence-corrected chi connectivity index (χ4v) is 5.05. The summed E-state index contributed by atoms with van der Waals surface area (Å²) < 4.78 is 52.9. The second-order valence-electron chi connectivity index (χ2n) is 9.78. The first kappa shape index (κ1) is 25.2. The Balaban J connectivity index is 1.53. The maximum atomic E-state index is 13.4. The molecular weight excluding hydrogens is 464 g/mol. The predicted molar refractivity (Wildman–Crippen MR) is 121 cm³/mol. The molecule has 5 nitrogen and oxygen atoms in total. The molecule has 4 rings (SSSR count). The van der Waals surface area contributed by atoms with Crippen LogP contribution in [0.3, 0.4) is 0 Å². The van der Waals surface area contributed by atoms with Crippen LogP contribution >= 0.6 is 0 Å². The highest BCUT2D eigenvalue weighted by Gasteiger charge is 2.51. The van der Waals surface area contributed by atoms with Crippen LogP contribution in [0.15, 0.2) is 48.5 Å². The lowest BCUT2D eigenvalue weighted by Gasteiger charge is -2.42. The van der Waals surface area contributed by atoms with Crippen molar-refractivity contribution in [2.75, 3.05) is 0 Å². The molecule has 0 aromatic heterocycles. The van der Waals surface area contributed by atoms with Crippen molar-refractivity contribution in [1.29, 1.82) is 0 Å². The minimum Gasteiger partial charge on any atom is -0.376 e. The summed E-state index contributed by atoms with van der Waals surface area (Å²) in [6.45, 7) is 0.675. The van der Waals surface area contributed by atoms with Crippen molar-refractivity contribution in [3.63, 3.8) is 0 Å². The first-order valence-corrected chi connectivity index (χ1v) is 11.6. The van der Waals surface area contributed by atoms with Gasteiger partial charge < -0.3 is 15.7 Å². The molecule has 2 aromatic carbocycles. The summed E-state index contributed by atoms with van der Waals surface area (Å²) in [6, 6.07) is 10.5. The highest BCUT2D eigenvalue weighted by molar-refractivity contribution is 5.95. The average Bonchev–Trinajstić information content (AvgIpc) is 3.64. The molecule has 2 aliphatic rings.